The Hall–Kier alpha value is -2.04. The van der Waals surface area contributed by atoms with E-state index in [0.29, 0.717) is 30.7 Å². The molecule has 1 aromatic carbocycles. The number of para-hydroxylation sites is 1. The van der Waals surface area contributed by atoms with Crippen molar-refractivity contribution in [1.29, 1.82) is 0 Å². The lowest BCUT2D eigenvalue weighted by molar-refractivity contribution is 0.597. The molecule has 108 valence electrons. The first-order chi connectivity index (χ1) is 9.70. The van der Waals surface area contributed by atoms with E-state index in [9.17, 15) is 4.39 Å². The number of benzene rings is 1. The van der Waals surface area contributed by atoms with Gasteiger partial charge in [0.2, 0.25) is 0 Å². The first kappa shape index (κ1) is 14.4. The zero-order valence-corrected chi connectivity index (χ0v) is 11.6. The topological polar surface area (TPSA) is 53.6 Å². The minimum atomic E-state index is -0.163. The van der Waals surface area contributed by atoms with Gasteiger partial charge in [-0.3, -0.25) is 4.99 Å². The minimum absolute atomic E-state index is 0.163. The van der Waals surface area contributed by atoms with Crippen LogP contribution in [0.25, 0.3) is 0 Å². The highest BCUT2D eigenvalue weighted by atomic mass is 19.1. The SMILES string of the molecule is C=CCNC(N)=NCC1CCN(c2ccccc2F)C1. The van der Waals surface area contributed by atoms with Crippen LogP contribution in [0.1, 0.15) is 6.42 Å². The van der Waals surface area contributed by atoms with E-state index >= 15 is 0 Å². The van der Waals surface area contributed by atoms with Crippen molar-refractivity contribution in [3.8, 4) is 0 Å². The highest BCUT2D eigenvalue weighted by Crippen LogP contribution is 2.26. The van der Waals surface area contributed by atoms with Gasteiger partial charge in [0, 0.05) is 26.2 Å². The number of anilines is 1. The van der Waals surface area contributed by atoms with Crippen LogP contribution < -0.4 is 16.0 Å². The maximum Gasteiger partial charge on any atom is 0.188 e. The van der Waals surface area contributed by atoms with Crippen LogP contribution in [0.2, 0.25) is 0 Å². The summed E-state index contributed by atoms with van der Waals surface area (Å²) in [7, 11) is 0. The van der Waals surface area contributed by atoms with Crippen LogP contribution in [0.5, 0.6) is 0 Å². The molecular weight excluding hydrogens is 255 g/mol. The van der Waals surface area contributed by atoms with Crippen molar-refractivity contribution in [3.63, 3.8) is 0 Å². The number of rotatable bonds is 5. The van der Waals surface area contributed by atoms with Gasteiger partial charge in [0.1, 0.15) is 5.82 Å². The van der Waals surface area contributed by atoms with Gasteiger partial charge in [0.15, 0.2) is 5.96 Å². The quantitative estimate of drug-likeness (QED) is 0.489. The maximum atomic E-state index is 13.7. The Kier molecular flexibility index (Phi) is 4.98. The summed E-state index contributed by atoms with van der Waals surface area (Å²) in [6.07, 6.45) is 2.74. The summed E-state index contributed by atoms with van der Waals surface area (Å²) < 4.78 is 13.7. The van der Waals surface area contributed by atoms with Gasteiger partial charge in [0.25, 0.3) is 0 Å². The third-order valence-corrected chi connectivity index (χ3v) is 3.43. The second-order valence-corrected chi connectivity index (χ2v) is 4.95. The number of nitrogens with zero attached hydrogens (tertiary/aromatic N) is 2. The van der Waals surface area contributed by atoms with E-state index in [2.05, 4.69) is 21.8 Å². The van der Waals surface area contributed by atoms with Gasteiger partial charge in [-0.05, 0) is 24.5 Å². The molecule has 1 unspecified atom stereocenters. The van der Waals surface area contributed by atoms with Crippen molar-refractivity contribution in [2.24, 2.45) is 16.6 Å². The zero-order chi connectivity index (χ0) is 14.4. The van der Waals surface area contributed by atoms with Crippen molar-refractivity contribution in [1.82, 2.24) is 5.32 Å². The molecule has 3 N–H and O–H groups in total. The average molecular weight is 276 g/mol. The molecule has 0 spiro atoms. The van der Waals surface area contributed by atoms with Crippen LogP contribution >= 0.6 is 0 Å². The zero-order valence-electron chi connectivity index (χ0n) is 11.6. The summed E-state index contributed by atoms with van der Waals surface area (Å²) in [5, 5.41) is 2.94. The fraction of sp³-hybridized carbons (Fsp3) is 0.400. The number of aliphatic imine (C=N–C) groups is 1. The van der Waals surface area contributed by atoms with Gasteiger partial charge in [0.05, 0.1) is 5.69 Å². The molecule has 1 heterocycles. The number of guanidine groups is 1. The van der Waals surface area contributed by atoms with Gasteiger partial charge in [-0.1, -0.05) is 18.2 Å². The monoisotopic (exact) mass is 276 g/mol. The second kappa shape index (κ2) is 6.93. The van der Waals surface area contributed by atoms with E-state index in [0.717, 1.165) is 19.5 Å². The minimum Gasteiger partial charge on any atom is -0.370 e. The third-order valence-electron chi connectivity index (χ3n) is 3.43. The molecular formula is C15H21FN4. The van der Waals surface area contributed by atoms with Crippen molar-refractivity contribution < 1.29 is 4.39 Å². The van der Waals surface area contributed by atoms with Crippen LogP contribution in [-0.2, 0) is 0 Å². The number of halogens is 1. The lowest BCUT2D eigenvalue weighted by Gasteiger charge is -2.18. The van der Waals surface area contributed by atoms with E-state index in [1.807, 2.05) is 12.1 Å². The van der Waals surface area contributed by atoms with Crippen LogP contribution in [0.4, 0.5) is 10.1 Å². The largest absolute Gasteiger partial charge is 0.370 e. The summed E-state index contributed by atoms with van der Waals surface area (Å²) in [6, 6.07) is 6.89. The normalized spacial score (nSPS) is 19.1. The van der Waals surface area contributed by atoms with Gasteiger partial charge in [-0.15, -0.1) is 6.58 Å². The summed E-state index contributed by atoms with van der Waals surface area (Å²) in [5.74, 6) is 0.691. The average Bonchev–Trinajstić information content (AvgIpc) is 2.92. The summed E-state index contributed by atoms with van der Waals surface area (Å²) >= 11 is 0. The third kappa shape index (κ3) is 3.73. The summed E-state index contributed by atoms with van der Waals surface area (Å²) in [6.45, 7) is 6.57. The Bertz CT molecular complexity index is 487. The lowest BCUT2D eigenvalue weighted by Crippen LogP contribution is -2.32. The van der Waals surface area contributed by atoms with Crippen LogP contribution in [0, 0.1) is 11.7 Å². The van der Waals surface area contributed by atoms with Crippen LogP contribution in [0.15, 0.2) is 41.9 Å². The predicted octanol–water partition coefficient (Wildman–Crippen LogP) is 1.74. The Morgan fingerprint density at radius 2 is 2.35 bits per heavy atom. The highest BCUT2D eigenvalue weighted by Gasteiger charge is 2.24. The molecule has 1 aliphatic rings. The fourth-order valence-electron chi connectivity index (χ4n) is 2.37. The predicted molar refractivity (Wildman–Crippen MR) is 81.4 cm³/mol. The first-order valence-electron chi connectivity index (χ1n) is 6.85. The Morgan fingerprint density at radius 3 is 3.10 bits per heavy atom. The maximum absolute atomic E-state index is 13.7. The number of nitrogens with one attached hydrogen (secondary N) is 1. The van der Waals surface area contributed by atoms with Crippen molar-refractivity contribution >= 4 is 11.6 Å². The van der Waals surface area contributed by atoms with E-state index in [-0.39, 0.29) is 5.82 Å². The van der Waals surface area contributed by atoms with E-state index in [1.165, 1.54) is 6.07 Å². The van der Waals surface area contributed by atoms with Crippen molar-refractivity contribution in [2.75, 3.05) is 31.1 Å². The molecule has 1 aliphatic heterocycles. The van der Waals surface area contributed by atoms with Gasteiger partial charge in [-0.25, -0.2) is 4.39 Å². The first-order valence-corrected chi connectivity index (χ1v) is 6.85. The molecule has 1 saturated heterocycles. The standard InChI is InChI=1S/C15H21FN4/c1-2-8-18-15(17)19-10-12-7-9-20(11-12)14-6-4-3-5-13(14)16/h2-6,12H,1,7-11H2,(H3,17,18,19). The van der Waals surface area contributed by atoms with Crippen molar-refractivity contribution in [2.45, 2.75) is 6.42 Å². The Labute approximate surface area is 119 Å². The lowest BCUT2D eigenvalue weighted by atomic mass is 10.1. The molecule has 0 amide bonds. The molecule has 1 atom stereocenters. The van der Waals surface area contributed by atoms with Crippen molar-refractivity contribution in [3.05, 3.63) is 42.7 Å². The summed E-state index contributed by atoms with van der Waals surface area (Å²) in [5.41, 5.74) is 6.40. The molecule has 4 nitrogen and oxygen atoms in total. The van der Waals surface area contributed by atoms with Crippen LogP contribution in [0.3, 0.4) is 0 Å². The molecule has 0 radical (unpaired) electrons. The number of hydrogen-bond acceptors (Lipinski definition) is 2. The molecule has 0 aliphatic carbocycles. The molecule has 20 heavy (non-hydrogen) atoms. The number of hydrogen-bond donors (Lipinski definition) is 2. The van der Waals surface area contributed by atoms with E-state index in [1.54, 1.807) is 12.1 Å². The second-order valence-electron chi connectivity index (χ2n) is 4.95. The number of nitrogens with two attached hydrogens (primary N) is 1. The Morgan fingerprint density at radius 1 is 1.55 bits per heavy atom. The molecule has 1 aromatic rings. The molecule has 5 heteroatoms. The van der Waals surface area contributed by atoms with E-state index in [4.69, 9.17) is 5.73 Å². The molecule has 0 bridgehead atoms. The van der Waals surface area contributed by atoms with Gasteiger partial charge >= 0.3 is 0 Å². The highest BCUT2D eigenvalue weighted by molar-refractivity contribution is 5.77. The Balaban J connectivity index is 1.87. The molecule has 2 rings (SSSR count). The molecule has 1 fully saturated rings. The smallest absolute Gasteiger partial charge is 0.188 e. The summed E-state index contributed by atoms with van der Waals surface area (Å²) in [4.78, 5) is 6.38. The van der Waals surface area contributed by atoms with Gasteiger partial charge < -0.3 is 16.0 Å². The molecule has 0 saturated carbocycles. The van der Waals surface area contributed by atoms with E-state index < -0.39 is 0 Å². The van der Waals surface area contributed by atoms with Gasteiger partial charge in [-0.2, -0.15) is 0 Å². The molecule has 0 aromatic heterocycles. The van der Waals surface area contributed by atoms with Crippen LogP contribution in [-0.4, -0.2) is 32.1 Å². The fourth-order valence-corrected chi connectivity index (χ4v) is 2.37.